The van der Waals surface area contributed by atoms with Crippen molar-refractivity contribution >= 4 is 23.0 Å². The van der Waals surface area contributed by atoms with Gasteiger partial charge in [0.15, 0.2) is 0 Å². The fourth-order valence-corrected chi connectivity index (χ4v) is 2.01. The number of para-hydroxylation sites is 1. The summed E-state index contributed by atoms with van der Waals surface area (Å²) in [6, 6.07) is 13.4. The summed E-state index contributed by atoms with van der Waals surface area (Å²) in [6.45, 7) is 3.20. The second-order valence-electron chi connectivity index (χ2n) is 4.13. The Morgan fingerprint density at radius 3 is 2.68 bits per heavy atom. The highest BCUT2D eigenvalue weighted by Crippen LogP contribution is 2.28. The second-order valence-corrected chi connectivity index (χ2v) is 4.54. The van der Waals surface area contributed by atoms with Crippen LogP contribution in [0.5, 0.6) is 5.75 Å². The highest BCUT2D eigenvalue weighted by Gasteiger charge is 2.03. The van der Waals surface area contributed by atoms with Crippen LogP contribution in [0.4, 0.5) is 11.4 Å². The molecule has 2 aromatic rings. The molecule has 3 N–H and O–H groups in total. The van der Waals surface area contributed by atoms with E-state index in [1.807, 2.05) is 49.4 Å². The summed E-state index contributed by atoms with van der Waals surface area (Å²) in [7, 11) is 0. The number of ether oxygens (including phenoxy) is 1. The summed E-state index contributed by atoms with van der Waals surface area (Å²) in [5, 5.41) is 3.90. The molecular weight excluding hydrogens is 260 g/mol. The van der Waals surface area contributed by atoms with E-state index in [4.69, 9.17) is 22.1 Å². The number of benzene rings is 2. The van der Waals surface area contributed by atoms with E-state index in [9.17, 15) is 0 Å². The van der Waals surface area contributed by atoms with Gasteiger partial charge in [0.05, 0.1) is 11.6 Å². The lowest BCUT2D eigenvalue weighted by Crippen LogP contribution is -2.02. The van der Waals surface area contributed by atoms with E-state index in [-0.39, 0.29) is 0 Å². The van der Waals surface area contributed by atoms with E-state index in [0.717, 1.165) is 16.9 Å². The van der Waals surface area contributed by atoms with E-state index in [2.05, 4.69) is 5.32 Å². The molecule has 100 valence electrons. The summed E-state index contributed by atoms with van der Waals surface area (Å²) in [5.74, 6) is 0.703. The van der Waals surface area contributed by atoms with Crippen LogP contribution in [0.15, 0.2) is 42.5 Å². The molecule has 0 aliphatic carbocycles. The molecule has 0 spiro atoms. The minimum Gasteiger partial charge on any atom is -0.492 e. The average molecular weight is 277 g/mol. The lowest BCUT2D eigenvalue weighted by atomic mass is 10.2. The molecule has 0 saturated carbocycles. The Morgan fingerprint density at radius 1 is 1.21 bits per heavy atom. The molecule has 2 aromatic carbocycles. The molecule has 3 nitrogen and oxygen atoms in total. The number of hydrogen-bond donors (Lipinski definition) is 2. The smallest absolute Gasteiger partial charge is 0.138 e. The molecule has 0 atom stereocenters. The molecule has 4 heteroatoms. The van der Waals surface area contributed by atoms with E-state index in [0.29, 0.717) is 23.9 Å². The monoisotopic (exact) mass is 276 g/mol. The van der Waals surface area contributed by atoms with Crippen LogP contribution in [0.1, 0.15) is 12.5 Å². The van der Waals surface area contributed by atoms with Crippen LogP contribution in [-0.4, -0.2) is 6.61 Å². The average Bonchev–Trinajstić information content (AvgIpc) is 2.41. The fraction of sp³-hybridized carbons (Fsp3) is 0.200. The standard InChI is InChI=1S/C15H17ClN2O/c1-2-19-15-8-7-12(9-13(15)16)18-10-11-5-3-4-6-14(11)17/h3-9,18H,2,10,17H2,1H3. The molecule has 0 amide bonds. The van der Waals surface area contributed by atoms with Gasteiger partial charge in [-0.2, -0.15) is 0 Å². The largest absolute Gasteiger partial charge is 0.492 e. The summed E-state index contributed by atoms with van der Waals surface area (Å²) in [5.41, 5.74) is 8.68. The maximum absolute atomic E-state index is 6.13. The van der Waals surface area contributed by atoms with E-state index >= 15 is 0 Å². The maximum atomic E-state index is 6.13. The molecule has 0 fully saturated rings. The summed E-state index contributed by atoms with van der Waals surface area (Å²) in [4.78, 5) is 0. The predicted octanol–water partition coefficient (Wildman–Crippen LogP) is 3.93. The maximum Gasteiger partial charge on any atom is 0.138 e. The van der Waals surface area contributed by atoms with Gasteiger partial charge in [-0.25, -0.2) is 0 Å². The van der Waals surface area contributed by atoms with Gasteiger partial charge >= 0.3 is 0 Å². The van der Waals surface area contributed by atoms with Crippen molar-refractivity contribution in [2.45, 2.75) is 13.5 Å². The van der Waals surface area contributed by atoms with Gasteiger partial charge in [0.2, 0.25) is 0 Å². The van der Waals surface area contributed by atoms with Gasteiger partial charge in [-0.1, -0.05) is 29.8 Å². The van der Waals surface area contributed by atoms with Crippen molar-refractivity contribution in [3.63, 3.8) is 0 Å². The Morgan fingerprint density at radius 2 is 2.00 bits per heavy atom. The molecule has 0 heterocycles. The number of anilines is 2. The zero-order valence-electron chi connectivity index (χ0n) is 10.8. The molecule has 0 aliphatic heterocycles. The first kappa shape index (κ1) is 13.6. The predicted molar refractivity (Wildman–Crippen MR) is 80.8 cm³/mol. The topological polar surface area (TPSA) is 47.3 Å². The second kappa shape index (κ2) is 6.34. The van der Waals surface area contributed by atoms with Gasteiger partial charge in [0.25, 0.3) is 0 Å². The van der Waals surface area contributed by atoms with Gasteiger partial charge in [-0.05, 0) is 36.8 Å². The van der Waals surface area contributed by atoms with Gasteiger partial charge < -0.3 is 15.8 Å². The van der Waals surface area contributed by atoms with Gasteiger partial charge in [0, 0.05) is 17.9 Å². The van der Waals surface area contributed by atoms with Gasteiger partial charge in [-0.15, -0.1) is 0 Å². The first-order valence-corrected chi connectivity index (χ1v) is 6.58. The van der Waals surface area contributed by atoms with E-state index in [1.165, 1.54) is 0 Å². The van der Waals surface area contributed by atoms with Crippen LogP contribution >= 0.6 is 11.6 Å². The van der Waals surface area contributed by atoms with Crippen LogP contribution in [0.25, 0.3) is 0 Å². The van der Waals surface area contributed by atoms with Crippen molar-refractivity contribution in [3.8, 4) is 5.75 Å². The number of nitrogen functional groups attached to an aromatic ring is 1. The van der Waals surface area contributed by atoms with Crippen molar-refractivity contribution in [3.05, 3.63) is 53.1 Å². The molecule has 19 heavy (non-hydrogen) atoms. The molecule has 0 aromatic heterocycles. The van der Waals surface area contributed by atoms with Crippen molar-refractivity contribution in [1.82, 2.24) is 0 Å². The summed E-state index contributed by atoms with van der Waals surface area (Å²) >= 11 is 6.13. The Bertz CT molecular complexity index is 558. The quantitative estimate of drug-likeness (QED) is 0.814. The van der Waals surface area contributed by atoms with Crippen molar-refractivity contribution in [1.29, 1.82) is 0 Å². The fourth-order valence-electron chi connectivity index (χ4n) is 1.78. The Labute approximate surface area is 118 Å². The molecule has 2 rings (SSSR count). The highest BCUT2D eigenvalue weighted by atomic mass is 35.5. The Balaban J connectivity index is 2.04. The molecular formula is C15H17ClN2O. The van der Waals surface area contributed by atoms with Crippen LogP contribution in [-0.2, 0) is 6.54 Å². The van der Waals surface area contributed by atoms with Crippen LogP contribution in [0, 0.1) is 0 Å². The minimum atomic E-state index is 0.604. The first-order valence-electron chi connectivity index (χ1n) is 6.20. The molecule has 0 bridgehead atoms. The van der Waals surface area contributed by atoms with E-state index in [1.54, 1.807) is 0 Å². The third-order valence-electron chi connectivity index (χ3n) is 2.77. The summed E-state index contributed by atoms with van der Waals surface area (Å²) < 4.78 is 5.39. The minimum absolute atomic E-state index is 0.604. The molecule has 0 aliphatic rings. The third kappa shape index (κ3) is 3.55. The van der Waals surface area contributed by atoms with Gasteiger partial charge in [-0.3, -0.25) is 0 Å². The number of nitrogens with two attached hydrogens (primary N) is 1. The molecule has 0 radical (unpaired) electrons. The van der Waals surface area contributed by atoms with Crippen LogP contribution in [0.2, 0.25) is 5.02 Å². The highest BCUT2D eigenvalue weighted by molar-refractivity contribution is 6.32. The van der Waals surface area contributed by atoms with Crippen molar-refractivity contribution < 1.29 is 4.74 Å². The van der Waals surface area contributed by atoms with Crippen LogP contribution in [0.3, 0.4) is 0 Å². The Kier molecular flexibility index (Phi) is 4.53. The number of nitrogens with one attached hydrogen (secondary N) is 1. The zero-order chi connectivity index (χ0) is 13.7. The van der Waals surface area contributed by atoms with Crippen molar-refractivity contribution in [2.24, 2.45) is 0 Å². The number of hydrogen-bond acceptors (Lipinski definition) is 3. The van der Waals surface area contributed by atoms with E-state index < -0.39 is 0 Å². The Hall–Kier alpha value is -1.87. The molecule has 0 unspecified atom stereocenters. The third-order valence-corrected chi connectivity index (χ3v) is 3.07. The summed E-state index contributed by atoms with van der Waals surface area (Å²) in [6.07, 6.45) is 0. The first-order chi connectivity index (χ1) is 9.20. The zero-order valence-corrected chi connectivity index (χ0v) is 11.6. The number of rotatable bonds is 5. The van der Waals surface area contributed by atoms with Crippen molar-refractivity contribution in [2.75, 3.05) is 17.7 Å². The lowest BCUT2D eigenvalue weighted by molar-refractivity contribution is 0.340. The molecule has 0 saturated heterocycles. The SMILES string of the molecule is CCOc1ccc(NCc2ccccc2N)cc1Cl. The lowest BCUT2D eigenvalue weighted by Gasteiger charge is -2.11. The van der Waals surface area contributed by atoms with Crippen LogP contribution < -0.4 is 15.8 Å². The number of halogens is 1. The normalized spacial score (nSPS) is 10.2. The van der Waals surface area contributed by atoms with Gasteiger partial charge in [0.1, 0.15) is 5.75 Å².